The summed E-state index contributed by atoms with van der Waals surface area (Å²) in [6, 6.07) is 5.45. The summed E-state index contributed by atoms with van der Waals surface area (Å²) in [4.78, 5) is 16.5. The van der Waals surface area contributed by atoms with Crippen LogP contribution in [-0.2, 0) is 6.54 Å². The molecule has 4 aromatic rings. The van der Waals surface area contributed by atoms with E-state index in [2.05, 4.69) is 30.9 Å². The highest BCUT2D eigenvalue weighted by Gasteiger charge is 2.09. The lowest BCUT2D eigenvalue weighted by molar-refractivity contribution is 0.262. The van der Waals surface area contributed by atoms with Crippen molar-refractivity contribution >= 4 is 33.8 Å². The average molecular weight is 354 g/mol. The predicted octanol–water partition coefficient (Wildman–Crippen LogP) is 2.38. The molecule has 2 amide bonds. The van der Waals surface area contributed by atoms with Crippen molar-refractivity contribution in [3.8, 4) is 0 Å². The van der Waals surface area contributed by atoms with E-state index in [0.29, 0.717) is 17.4 Å². The number of imidazole rings is 1. The molecule has 0 spiro atoms. The molecule has 0 saturated carbocycles. The van der Waals surface area contributed by atoms with Gasteiger partial charge in [0.2, 0.25) is 5.13 Å². The van der Waals surface area contributed by atoms with Crippen molar-refractivity contribution in [2.75, 3.05) is 10.6 Å². The summed E-state index contributed by atoms with van der Waals surface area (Å²) in [6.45, 7) is 2.34. The molecule has 4 heterocycles. The second kappa shape index (κ2) is 6.32. The number of rotatable bonds is 4. The fraction of sp³-hybridized carbons (Fsp3) is 0.133. The van der Waals surface area contributed by atoms with Gasteiger partial charge >= 0.3 is 6.03 Å². The molecule has 4 aromatic heterocycles. The van der Waals surface area contributed by atoms with Gasteiger partial charge in [0.25, 0.3) is 0 Å². The van der Waals surface area contributed by atoms with Crippen molar-refractivity contribution in [3.05, 3.63) is 53.7 Å². The fourth-order valence-corrected chi connectivity index (χ4v) is 2.94. The van der Waals surface area contributed by atoms with Gasteiger partial charge < -0.3 is 9.72 Å². The van der Waals surface area contributed by atoms with Crippen LogP contribution in [0.4, 0.5) is 15.6 Å². The van der Waals surface area contributed by atoms with Crippen LogP contribution in [0.5, 0.6) is 0 Å². The maximum absolute atomic E-state index is 11.9. The largest absolute Gasteiger partial charge is 0.325 e. The molecule has 10 heteroatoms. The Hall–Kier alpha value is -3.27. The molecule has 0 fully saturated rings. The Morgan fingerprint density at radius 1 is 1.24 bits per heavy atom. The SMILES string of the molecule is Cc1nnc(NC(=O)Nc2cnn(Cc3cn4ccccc4n3)c2)s1. The molecule has 0 aliphatic heterocycles. The van der Waals surface area contributed by atoms with Crippen LogP contribution in [0.15, 0.2) is 43.0 Å². The second-order valence-corrected chi connectivity index (χ2v) is 6.51. The molecule has 0 atom stereocenters. The van der Waals surface area contributed by atoms with Crippen molar-refractivity contribution in [2.24, 2.45) is 0 Å². The van der Waals surface area contributed by atoms with Gasteiger partial charge in [-0.05, 0) is 19.1 Å². The van der Waals surface area contributed by atoms with Gasteiger partial charge in [-0.15, -0.1) is 10.2 Å². The average Bonchev–Trinajstić information content (AvgIpc) is 3.28. The summed E-state index contributed by atoms with van der Waals surface area (Å²) in [6.07, 6.45) is 7.23. The van der Waals surface area contributed by atoms with Crippen molar-refractivity contribution in [1.82, 2.24) is 29.4 Å². The maximum atomic E-state index is 11.9. The van der Waals surface area contributed by atoms with E-state index in [4.69, 9.17) is 0 Å². The lowest BCUT2D eigenvalue weighted by Gasteiger charge is -2.01. The fourth-order valence-electron chi connectivity index (χ4n) is 2.35. The minimum atomic E-state index is -0.386. The molecule has 0 unspecified atom stereocenters. The number of anilines is 2. The minimum absolute atomic E-state index is 0.386. The predicted molar refractivity (Wildman–Crippen MR) is 93.8 cm³/mol. The summed E-state index contributed by atoms with van der Waals surface area (Å²) < 4.78 is 3.67. The molecule has 25 heavy (non-hydrogen) atoms. The van der Waals surface area contributed by atoms with E-state index in [1.165, 1.54) is 11.3 Å². The number of hydrogen-bond donors (Lipinski definition) is 2. The van der Waals surface area contributed by atoms with Gasteiger partial charge in [0.05, 0.1) is 24.1 Å². The van der Waals surface area contributed by atoms with Gasteiger partial charge in [0.15, 0.2) is 0 Å². The van der Waals surface area contributed by atoms with E-state index in [1.807, 2.05) is 41.9 Å². The highest BCUT2D eigenvalue weighted by Crippen LogP contribution is 2.14. The third-order valence-corrected chi connectivity index (χ3v) is 4.13. The minimum Gasteiger partial charge on any atom is -0.307 e. The van der Waals surface area contributed by atoms with E-state index < -0.39 is 0 Å². The second-order valence-electron chi connectivity index (χ2n) is 5.33. The van der Waals surface area contributed by atoms with Crippen molar-refractivity contribution in [3.63, 3.8) is 0 Å². The highest BCUT2D eigenvalue weighted by atomic mass is 32.1. The zero-order valence-electron chi connectivity index (χ0n) is 13.2. The van der Waals surface area contributed by atoms with E-state index in [9.17, 15) is 4.79 Å². The quantitative estimate of drug-likeness (QED) is 0.586. The first kappa shape index (κ1) is 15.3. The van der Waals surface area contributed by atoms with Crippen LogP contribution in [0.3, 0.4) is 0 Å². The summed E-state index contributed by atoms with van der Waals surface area (Å²) >= 11 is 1.31. The lowest BCUT2D eigenvalue weighted by atomic mass is 10.5. The number of nitrogens with one attached hydrogen (secondary N) is 2. The van der Waals surface area contributed by atoms with Crippen LogP contribution in [0.25, 0.3) is 5.65 Å². The summed E-state index contributed by atoms with van der Waals surface area (Å²) in [7, 11) is 0. The van der Waals surface area contributed by atoms with Gasteiger partial charge in [0.1, 0.15) is 10.7 Å². The Balaban J connectivity index is 1.40. The number of carbonyl (C=O) groups is 1. The van der Waals surface area contributed by atoms with Crippen molar-refractivity contribution in [1.29, 1.82) is 0 Å². The van der Waals surface area contributed by atoms with E-state index in [0.717, 1.165) is 16.3 Å². The molecule has 0 saturated heterocycles. The standard InChI is InChI=1S/C15H14N8OS/c1-10-20-21-15(25-10)19-14(24)18-11-6-16-23(8-11)9-12-7-22-5-3-2-4-13(22)17-12/h2-8H,9H2,1H3,(H2,18,19,21,24). The molecule has 9 nitrogen and oxygen atoms in total. The normalized spacial score (nSPS) is 10.9. The van der Waals surface area contributed by atoms with Crippen LogP contribution < -0.4 is 10.6 Å². The first-order valence-corrected chi connectivity index (χ1v) is 8.30. The number of hydrogen-bond acceptors (Lipinski definition) is 6. The van der Waals surface area contributed by atoms with E-state index >= 15 is 0 Å². The Morgan fingerprint density at radius 2 is 2.16 bits per heavy atom. The number of pyridine rings is 1. The van der Waals surface area contributed by atoms with Crippen LogP contribution in [0.1, 0.15) is 10.7 Å². The monoisotopic (exact) mass is 354 g/mol. The highest BCUT2D eigenvalue weighted by molar-refractivity contribution is 7.15. The smallest absolute Gasteiger partial charge is 0.307 e. The van der Waals surface area contributed by atoms with E-state index in [-0.39, 0.29) is 6.03 Å². The first-order valence-electron chi connectivity index (χ1n) is 7.49. The Labute approximate surface area is 146 Å². The molecule has 2 N–H and O–H groups in total. The molecule has 0 bridgehead atoms. The summed E-state index contributed by atoms with van der Waals surface area (Å²) in [5, 5.41) is 18.5. The first-order chi connectivity index (χ1) is 12.2. The van der Waals surface area contributed by atoms with Gasteiger partial charge in [-0.1, -0.05) is 17.4 Å². The lowest BCUT2D eigenvalue weighted by Crippen LogP contribution is -2.19. The molecule has 0 aliphatic carbocycles. The topological polar surface area (TPSA) is 102 Å². The van der Waals surface area contributed by atoms with Crippen LogP contribution in [-0.4, -0.2) is 35.4 Å². The summed E-state index contributed by atoms with van der Waals surface area (Å²) in [5.74, 6) is 0. The van der Waals surface area contributed by atoms with Crippen LogP contribution >= 0.6 is 11.3 Å². The van der Waals surface area contributed by atoms with E-state index in [1.54, 1.807) is 17.1 Å². The summed E-state index contributed by atoms with van der Waals surface area (Å²) in [5.41, 5.74) is 2.35. The van der Waals surface area contributed by atoms with Gasteiger partial charge in [-0.2, -0.15) is 5.10 Å². The molecule has 4 rings (SSSR count). The maximum Gasteiger partial charge on any atom is 0.325 e. The number of nitrogens with zero attached hydrogens (tertiary/aromatic N) is 6. The van der Waals surface area contributed by atoms with Crippen LogP contribution in [0, 0.1) is 6.92 Å². The Bertz CT molecular complexity index is 1000. The molecule has 0 radical (unpaired) electrons. The van der Waals surface area contributed by atoms with Crippen molar-refractivity contribution in [2.45, 2.75) is 13.5 Å². The third kappa shape index (κ3) is 3.48. The number of fused-ring (bicyclic) bond motifs is 1. The number of aryl methyl sites for hydroxylation is 1. The molecular formula is C15H14N8OS. The Morgan fingerprint density at radius 3 is 2.96 bits per heavy atom. The third-order valence-electron chi connectivity index (χ3n) is 3.38. The number of carbonyl (C=O) groups excluding carboxylic acids is 1. The number of amides is 2. The zero-order chi connectivity index (χ0) is 17.2. The van der Waals surface area contributed by atoms with Gasteiger partial charge in [-0.3, -0.25) is 10.00 Å². The van der Waals surface area contributed by atoms with Gasteiger partial charge in [0, 0.05) is 18.6 Å². The van der Waals surface area contributed by atoms with Crippen molar-refractivity contribution < 1.29 is 4.79 Å². The Kier molecular flexibility index (Phi) is 3.86. The molecule has 126 valence electrons. The number of urea groups is 1. The molecule has 0 aromatic carbocycles. The molecular weight excluding hydrogens is 340 g/mol. The molecule has 0 aliphatic rings. The number of aromatic nitrogens is 6. The zero-order valence-corrected chi connectivity index (χ0v) is 14.1. The van der Waals surface area contributed by atoms with Gasteiger partial charge in [-0.25, -0.2) is 9.78 Å². The van der Waals surface area contributed by atoms with Crippen LogP contribution in [0.2, 0.25) is 0 Å².